The third kappa shape index (κ3) is 2.34. The van der Waals surface area contributed by atoms with Gasteiger partial charge in [0.2, 0.25) is 0 Å². The molecular formula is CH3KN4O. The Morgan fingerprint density at radius 3 is 2.43 bits per heavy atom. The number of aromatic hydroxyl groups is 1. The molecule has 7 heavy (non-hydrogen) atoms. The molecule has 0 aliphatic carbocycles. The first-order valence-electron chi connectivity index (χ1n) is 1.32. The second kappa shape index (κ2) is 3.50. The van der Waals surface area contributed by atoms with Crippen LogP contribution in [0.5, 0.6) is 6.01 Å². The number of aromatic amines is 1. The molecule has 0 bridgehead atoms. The van der Waals surface area contributed by atoms with E-state index in [4.69, 9.17) is 5.11 Å². The normalized spacial score (nSPS) is 7.43. The van der Waals surface area contributed by atoms with Crippen molar-refractivity contribution >= 4 is 51.4 Å². The van der Waals surface area contributed by atoms with Crippen LogP contribution in [-0.2, 0) is 0 Å². The summed E-state index contributed by atoms with van der Waals surface area (Å²) >= 11 is 0. The Labute approximate surface area is 81.9 Å². The van der Waals surface area contributed by atoms with Crippen LogP contribution in [0.4, 0.5) is 0 Å². The number of nitrogens with one attached hydrogen (secondary N) is 1. The van der Waals surface area contributed by atoms with E-state index in [1.54, 1.807) is 0 Å². The predicted octanol–water partition coefficient (Wildman–Crippen LogP) is -1.74. The van der Waals surface area contributed by atoms with Gasteiger partial charge in [-0.05, 0) is 10.4 Å². The van der Waals surface area contributed by atoms with Crippen LogP contribution in [0, 0.1) is 0 Å². The van der Waals surface area contributed by atoms with Crippen molar-refractivity contribution in [1.29, 1.82) is 0 Å². The zero-order valence-electron chi connectivity index (χ0n) is 2.79. The fourth-order valence-corrected chi connectivity index (χ4v) is 0.154. The molecular weight excluding hydrogens is 123 g/mol. The molecule has 1 aromatic heterocycles. The van der Waals surface area contributed by atoms with E-state index in [1.165, 1.54) is 0 Å². The van der Waals surface area contributed by atoms with E-state index < -0.39 is 0 Å². The summed E-state index contributed by atoms with van der Waals surface area (Å²) in [7, 11) is 0. The van der Waals surface area contributed by atoms with Crippen LogP contribution in [0.2, 0.25) is 0 Å². The van der Waals surface area contributed by atoms with E-state index in [0.29, 0.717) is 0 Å². The minimum absolute atomic E-state index is 0. The van der Waals surface area contributed by atoms with Crippen LogP contribution in [0.1, 0.15) is 0 Å². The van der Waals surface area contributed by atoms with Gasteiger partial charge in [-0.15, -0.1) is 0 Å². The molecule has 1 aromatic rings. The van der Waals surface area contributed by atoms with Crippen molar-refractivity contribution in [2.45, 2.75) is 0 Å². The Morgan fingerprint density at radius 1 is 1.57 bits per heavy atom. The van der Waals surface area contributed by atoms with Gasteiger partial charge in [0.05, 0.1) is 0 Å². The van der Waals surface area contributed by atoms with Crippen LogP contribution >= 0.6 is 0 Å². The van der Waals surface area contributed by atoms with E-state index in [9.17, 15) is 0 Å². The molecule has 0 atom stereocenters. The standard InChI is InChI=1S/CH2N4O.K.H/c6-1-2-4-5-3-1;;/h(H2,2,3,4,5,6);;. The van der Waals surface area contributed by atoms with Crippen molar-refractivity contribution in [2.75, 3.05) is 0 Å². The molecule has 0 saturated heterocycles. The Balaban J connectivity index is 0.000000360. The maximum atomic E-state index is 8.18. The topological polar surface area (TPSA) is 74.7 Å². The zero-order chi connectivity index (χ0) is 4.41. The number of nitrogens with zero attached hydrogens (tertiary/aromatic N) is 3. The van der Waals surface area contributed by atoms with E-state index in [0.717, 1.165) is 0 Å². The minimum atomic E-state index is -0.255. The summed E-state index contributed by atoms with van der Waals surface area (Å²) in [6.45, 7) is 0. The van der Waals surface area contributed by atoms with Gasteiger partial charge in [-0.25, -0.2) is 5.10 Å². The summed E-state index contributed by atoms with van der Waals surface area (Å²) in [4.78, 5) is 0. The van der Waals surface area contributed by atoms with Gasteiger partial charge in [0.1, 0.15) is 0 Å². The van der Waals surface area contributed by atoms with Crippen molar-refractivity contribution in [3.63, 3.8) is 0 Å². The molecule has 5 nitrogen and oxygen atoms in total. The molecule has 0 spiro atoms. The van der Waals surface area contributed by atoms with Gasteiger partial charge in [0, 0.05) is 0 Å². The van der Waals surface area contributed by atoms with E-state index in [1.807, 2.05) is 0 Å². The third-order valence-corrected chi connectivity index (χ3v) is 0.334. The van der Waals surface area contributed by atoms with Crippen LogP contribution in [0.25, 0.3) is 0 Å². The molecule has 0 unspecified atom stereocenters. The summed E-state index contributed by atoms with van der Waals surface area (Å²) in [5.74, 6) is 0. The molecule has 0 aliphatic rings. The van der Waals surface area contributed by atoms with Gasteiger partial charge >= 0.3 is 57.4 Å². The molecule has 0 aromatic carbocycles. The van der Waals surface area contributed by atoms with Gasteiger partial charge in [0.25, 0.3) is 0 Å². The Morgan fingerprint density at radius 2 is 2.29 bits per heavy atom. The SMILES string of the molecule is Oc1nnn[nH]1.[KH]. The monoisotopic (exact) mass is 126 g/mol. The fourth-order valence-electron chi connectivity index (χ4n) is 0.154. The van der Waals surface area contributed by atoms with Crippen molar-refractivity contribution in [3.05, 3.63) is 0 Å². The fraction of sp³-hybridized carbons (Fsp3) is 0. The summed E-state index contributed by atoms with van der Waals surface area (Å²) in [6.07, 6.45) is 0. The number of tetrazole rings is 1. The molecule has 0 fully saturated rings. The van der Waals surface area contributed by atoms with Gasteiger partial charge in [-0.2, -0.15) is 0 Å². The van der Waals surface area contributed by atoms with Gasteiger partial charge in [0.15, 0.2) is 0 Å². The van der Waals surface area contributed by atoms with Crippen LogP contribution in [0.15, 0.2) is 0 Å². The first-order valence-corrected chi connectivity index (χ1v) is 1.32. The molecule has 1 rings (SSSR count). The molecule has 0 saturated carbocycles. The van der Waals surface area contributed by atoms with Crippen molar-refractivity contribution in [3.8, 4) is 6.01 Å². The number of H-pyrrole nitrogens is 1. The van der Waals surface area contributed by atoms with Gasteiger partial charge in [-0.1, -0.05) is 5.10 Å². The van der Waals surface area contributed by atoms with Gasteiger partial charge in [-0.3, -0.25) is 0 Å². The molecule has 0 aliphatic heterocycles. The van der Waals surface area contributed by atoms with Gasteiger partial charge < -0.3 is 5.11 Å². The van der Waals surface area contributed by atoms with Crippen LogP contribution in [-0.4, -0.2) is 77.1 Å². The summed E-state index contributed by atoms with van der Waals surface area (Å²) < 4.78 is 0. The van der Waals surface area contributed by atoms with E-state index in [2.05, 4.69) is 20.6 Å². The van der Waals surface area contributed by atoms with E-state index in [-0.39, 0.29) is 57.4 Å². The zero-order valence-corrected chi connectivity index (χ0v) is 2.79. The predicted molar refractivity (Wildman–Crippen MR) is 23.0 cm³/mol. The molecule has 34 valence electrons. The molecule has 6 heteroatoms. The Kier molecular flexibility index (Phi) is 3.75. The Hall–Kier alpha value is 0.506. The number of rotatable bonds is 0. The molecule has 1 heterocycles. The van der Waals surface area contributed by atoms with Crippen LogP contribution < -0.4 is 0 Å². The first-order chi connectivity index (χ1) is 2.89. The molecule has 0 amide bonds. The van der Waals surface area contributed by atoms with Crippen molar-refractivity contribution in [2.24, 2.45) is 0 Å². The second-order valence-corrected chi connectivity index (χ2v) is 0.725. The number of aromatic nitrogens is 4. The average molecular weight is 126 g/mol. The summed E-state index contributed by atoms with van der Waals surface area (Å²) in [6, 6.07) is -0.255. The molecule has 2 N–H and O–H groups in total. The maximum absolute atomic E-state index is 8.18. The quantitative estimate of drug-likeness (QED) is 0.404. The van der Waals surface area contributed by atoms with E-state index >= 15 is 0 Å². The first kappa shape index (κ1) is 7.51. The van der Waals surface area contributed by atoms with Crippen molar-refractivity contribution in [1.82, 2.24) is 20.6 Å². The summed E-state index contributed by atoms with van der Waals surface area (Å²) in [5, 5.41) is 19.4. The molecule has 0 radical (unpaired) electrons. The number of hydrogen-bond acceptors (Lipinski definition) is 4. The second-order valence-electron chi connectivity index (χ2n) is 0.725. The number of hydrogen-bond donors (Lipinski definition) is 2. The Bertz CT molecular complexity index is 115. The van der Waals surface area contributed by atoms with Crippen molar-refractivity contribution < 1.29 is 5.11 Å². The average Bonchev–Trinajstić information content (AvgIpc) is 1.86. The third-order valence-electron chi connectivity index (χ3n) is 0.334. The summed E-state index contributed by atoms with van der Waals surface area (Å²) in [5.41, 5.74) is 0. The van der Waals surface area contributed by atoms with Crippen LogP contribution in [0.3, 0.4) is 0 Å².